The molecule has 1 N–H and O–H groups in total. The highest BCUT2D eigenvalue weighted by Gasteiger charge is 2.47. The van der Waals surface area contributed by atoms with Crippen LogP contribution in [0, 0.1) is 11.2 Å². The van der Waals surface area contributed by atoms with Crippen LogP contribution in [0.3, 0.4) is 0 Å². The van der Waals surface area contributed by atoms with Crippen LogP contribution in [0.15, 0.2) is 24.3 Å². The minimum absolute atomic E-state index is 0.0380. The highest BCUT2D eigenvalue weighted by molar-refractivity contribution is 5.86. The molecule has 130 valence electrons. The van der Waals surface area contributed by atoms with Gasteiger partial charge >= 0.3 is 5.97 Å². The van der Waals surface area contributed by atoms with Gasteiger partial charge in [0, 0.05) is 19.0 Å². The molecule has 2 aliphatic rings. The number of benzene rings is 1. The van der Waals surface area contributed by atoms with Crippen molar-refractivity contribution in [2.75, 3.05) is 6.54 Å². The molecular formula is C19H24FNO3. The monoisotopic (exact) mass is 333 g/mol. The van der Waals surface area contributed by atoms with Gasteiger partial charge in [0.1, 0.15) is 5.82 Å². The van der Waals surface area contributed by atoms with Gasteiger partial charge in [0.15, 0.2) is 0 Å². The third-order valence-corrected chi connectivity index (χ3v) is 5.59. The summed E-state index contributed by atoms with van der Waals surface area (Å²) in [7, 11) is 0. The first-order chi connectivity index (χ1) is 11.5. The van der Waals surface area contributed by atoms with Crippen molar-refractivity contribution in [1.29, 1.82) is 0 Å². The second-order valence-electron chi connectivity index (χ2n) is 7.18. The van der Waals surface area contributed by atoms with Gasteiger partial charge in [-0.2, -0.15) is 0 Å². The molecule has 1 aliphatic heterocycles. The molecular weight excluding hydrogens is 309 g/mol. The number of halogens is 1. The lowest BCUT2D eigenvalue weighted by atomic mass is 9.66. The van der Waals surface area contributed by atoms with Gasteiger partial charge in [-0.25, -0.2) is 4.39 Å². The fraction of sp³-hybridized carbons (Fsp3) is 0.579. The molecule has 0 radical (unpaired) electrons. The Morgan fingerprint density at radius 3 is 2.46 bits per heavy atom. The molecule has 2 fully saturated rings. The first-order valence-electron chi connectivity index (χ1n) is 8.77. The quantitative estimate of drug-likeness (QED) is 0.898. The fourth-order valence-corrected chi connectivity index (χ4v) is 3.89. The summed E-state index contributed by atoms with van der Waals surface area (Å²) in [6, 6.07) is 6.49. The number of amides is 1. The minimum Gasteiger partial charge on any atom is -0.481 e. The van der Waals surface area contributed by atoms with E-state index in [9.17, 15) is 19.1 Å². The van der Waals surface area contributed by atoms with E-state index in [1.807, 2.05) is 4.90 Å². The molecule has 5 heteroatoms. The molecule has 1 unspecified atom stereocenters. The van der Waals surface area contributed by atoms with E-state index in [0.717, 1.165) is 31.2 Å². The maximum Gasteiger partial charge on any atom is 0.310 e. The van der Waals surface area contributed by atoms with Crippen molar-refractivity contribution in [3.8, 4) is 0 Å². The van der Waals surface area contributed by atoms with Crippen LogP contribution in [0.5, 0.6) is 0 Å². The number of carbonyl (C=O) groups is 2. The highest BCUT2D eigenvalue weighted by atomic mass is 19.1. The van der Waals surface area contributed by atoms with Crippen molar-refractivity contribution in [1.82, 2.24) is 4.90 Å². The predicted molar refractivity (Wildman–Crippen MR) is 88.0 cm³/mol. The summed E-state index contributed by atoms with van der Waals surface area (Å²) in [5.41, 5.74) is 0.173. The predicted octanol–water partition coefficient (Wildman–Crippen LogP) is 3.39. The first kappa shape index (κ1) is 16.9. The van der Waals surface area contributed by atoms with E-state index in [2.05, 4.69) is 0 Å². The second-order valence-corrected chi connectivity index (χ2v) is 7.18. The molecule has 1 saturated carbocycles. The SMILES string of the molecule is O=C(CC1(C(=O)O)CCC1)N1CCCCC1Cc1ccc(F)cc1. The Hall–Kier alpha value is -1.91. The second kappa shape index (κ2) is 6.91. The lowest BCUT2D eigenvalue weighted by Crippen LogP contribution is -2.49. The summed E-state index contributed by atoms with van der Waals surface area (Å²) >= 11 is 0. The summed E-state index contributed by atoms with van der Waals surface area (Å²) < 4.78 is 13.1. The Labute approximate surface area is 141 Å². The van der Waals surface area contributed by atoms with Gasteiger partial charge in [0.2, 0.25) is 5.91 Å². The third kappa shape index (κ3) is 3.45. The molecule has 0 aromatic heterocycles. The van der Waals surface area contributed by atoms with Crippen LogP contribution in [0.25, 0.3) is 0 Å². The number of rotatable bonds is 5. The minimum atomic E-state index is -0.839. The number of hydrogen-bond donors (Lipinski definition) is 1. The van der Waals surface area contributed by atoms with Gasteiger partial charge in [0.05, 0.1) is 5.41 Å². The Balaban J connectivity index is 1.68. The Bertz CT molecular complexity index is 610. The van der Waals surface area contributed by atoms with E-state index >= 15 is 0 Å². The van der Waals surface area contributed by atoms with Crippen LogP contribution in [0.4, 0.5) is 4.39 Å². The molecule has 1 heterocycles. The zero-order chi connectivity index (χ0) is 17.2. The van der Waals surface area contributed by atoms with E-state index < -0.39 is 11.4 Å². The Morgan fingerprint density at radius 1 is 1.17 bits per heavy atom. The molecule has 0 bridgehead atoms. The number of nitrogens with zero attached hydrogens (tertiary/aromatic N) is 1. The molecule has 1 saturated heterocycles. The standard InChI is InChI=1S/C19H24FNO3/c20-15-7-5-14(6-8-15)12-16-4-1-2-11-21(16)17(22)13-19(18(23)24)9-3-10-19/h5-8,16H,1-4,9-13H2,(H,23,24). The number of hydrogen-bond acceptors (Lipinski definition) is 2. The summed E-state index contributed by atoms with van der Waals surface area (Å²) in [5, 5.41) is 9.45. The van der Waals surface area contributed by atoms with E-state index in [4.69, 9.17) is 0 Å². The average Bonchev–Trinajstić information content (AvgIpc) is 2.53. The van der Waals surface area contributed by atoms with E-state index in [1.54, 1.807) is 12.1 Å². The van der Waals surface area contributed by atoms with Gasteiger partial charge in [-0.3, -0.25) is 9.59 Å². The van der Waals surface area contributed by atoms with Crippen LogP contribution in [0.2, 0.25) is 0 Å². The van der Waals surface area contributed by atoms with Crippen LogP contribution in [-0.4, -0.2) is 34.5 Å². The number of carboxylic acid groups (broad SMARTS) is 1. The largest absolute Gasteiger partial charge is 0.481 e. The van der Waals surface area contributed by atoms with Crippen LogP contribution in [0.1, 0.15) is 50.5 Å². The zero-order valence-corrected chi connectivity index (χ0v) is 13.8. The smallest absolute Gasteiger partial charge is 0.310 e. The lowest BCUT2D eigenvalue weighted by Gasteiger charge is -2.41. The molecule has 3 rings (SSSR count). The lowest BCUT2D eigenvalue weighted by molar-refractivity contribution is -0.160. The number of carboxylic acids is 1. The van der Waals surface area contributed by atoms with Crippen LogP contribution >= 0.6 is 0 Å². The summed E-state index contributed by atoms with van der Waals surface area (Å²) in [6.45, 7) is 0.695. The van der Waals surface area contributed by atoms with Crippen LogP contribution in [-0.2, 0) is 16.0 Å². The maximum atomic E-state index is 13.1. The molecule has 1 atom stereocenters. The first-order valence-corrected chi connectivity index (χ1v) is 8.77. The third-order valence-electron chi connectivity index (χ3n) is 5.59. The summed E-state index contributed by atoms with van der Waals surface area (Å²) in [6.07, 6.45) is 5.86. The summed E-state index contributed by atoms with van der Waals surface area (Å²) in [4.78, 5) is 26.2. The molecule has 1 aliphatic carbocycles. The van der Waals surface area contributed by atoms with Crippen molar-refractivity contribution in [2.24, 2.45) is 5.41 Å². The molecule has 1 amide bonds. The van der Waals surface area contributed by atoms with Gasteiger partial charge in [-0.05, 0) is 56.2 Å². The number of likely N-dealkylation sites (tertiary alicyclic amines) is 1. The zero-order valence-electron chi connectivity index (χ0n) is 13.8. The normalized spacial score (nSPS) is 22.7. The molecule has 1 aromatic rings. The number of aliphatic carboxylic acids is 1. The van der Waals surface area contributed by atoms with Crippen molar-refractivity contribution >= 4 is 11.9 Å². The van der Waals surface area contributed by atoms with Gasteiger partial charge < -0.3 is 10.0 Å². The van der Waals surface area contributed by atoms with Crippen molar-refractivity contribution in [2.45, 2.75) is 57.4 Å². The van der Waals surface area contributed by atoms with Gasteiger partial charge in [-0.15, -0.1) is 0 Å². The molecule has 24 heavy (non-hydrogen) atoms. The molecule has 4 nitrogen and oxygen atoms in total. The number of piperidine rings is 1. The maximum absolute atomic E-state index is 13.1. The Kier molecular flexibility index (Phi) is 4.88. The topological polar surface area (TPSA) is 57.6 Å². The Morgan fingerprint density at radius 2 is 1.88 bits per heavy atom. The molecule has 0 spiro atoms. The van der Waals surface area contributed by atoms with E-state index in [1.165, 1.54) is 12.1 Å². The van der Waals surface area contributed by atoms with Gasteiger partial charge in [0.25, 0.3) is 0 Å². The number of carbonyl (C=O) groups excluding carboxylic acids is 1. The van der Waals surface area contributed by atoms with Gasteiger partial charge in [-0.1, -0.05) is 18.6 Å². The van der Waals surface area contributed by atoms with Crippen molar-refractivity contribution in [3.05, 3.63) is 35.6 Å². The van der Waals surface area contributed by atoms with Crippen LogP contribution < -0.4 is 0 Å². The van der Waals surface area contributed by atoms with Crippen molar-refractivity contribution < 1.29 is 19.1 Å². The fourth-order valence-electron chi connectivity index (χ4n) is 3.89. The summed E-state index contributed by atoms with van der Waals surface area (Å²) in [5.74, 6) is -1.14. The molecule has 1 aromatic carbocycles. The average molecular weight is 333 g/mol. The van der Waals surface area contributed by atoms with E-state index in [-0.39, 0.29) is 24.2 Å². The van der Waals surface area contributed by atoms with Crippen molar-refractivity contribution in [3.63, 3.8) is 0 Å². The van der Waals surface area contributed by atoms with E-state index in [0.29, 0.717) is 25.8 Å². The highest BCUT2D eigenvalue weighted by Crippen LogP contribution is 2.45.